The summed E-state index contributed by atoms with van der Waals surface area (Å²) >= 11 is 0. The summed E-state index contributed by atoms with van der Waals surface area (Å²) in [6, 6.07) is 7.78. The molecule has 2 aromatic rings. The first-order valence-corrected chi connectivity index (χ1v) is 9.20. The van der Waals surface area contributed by atoms with E-state index in [-0.39, 0.29) is 24.4 Å². The average molecular weight is 370 g/mol. The fraction of sp³-hybridized carbons (Fsp3) is 0.474. The molecule has 8 nitrogen and oxygen atoms in total. The SMILES string of the molecule is Cc1ccc(NC(=O)CN(C)C(=O)c2nnn(C3CCNCC3)c2C)cc1. The fourth-order valence-electron chi connectivity index (χ4n) is 3.24. The molecule has 27 heavy (non-hydrogen) atoms. The summed E-state index contributed by atoms with van der Waals surface area (Å²) in [4.78, 5) is 26.3. The molecule has 2 heterocycles. The van der Waals surface area contributed by atoms with Crippen LogP contribution in [-0.4, -0.2) is 58.4 Å². The van der Waals surface area contributed by atoms with Crippen molar-refractivity contribution >= 4 is 17.5 Å². The zero-order valence-corrected chi connectivity index (χ0v) is 16.0. The largest absolute Gasteiger partial charge is 0.331 e. The predicted octanol–water partition coefficient (Wildman–Crippen LogP) is 1.53. The molecule has 1 aliphatic rings. The van der Waals surface area contributed by atoms with Gasteiger partial charge in [0.1, 0.15) is 0 Å². The second kappa shape index (κ2) is 8.30. The molecular formula is C19H26N6O2. The number of nitrogens with one attached hydrogen (secondary N) is 2. The number of aromatic nitrogens is 3. The maximum Gasteiger partial charge on any atom is 0.276 e. The molecule has 2 N–H and O–H groups in total. The molecule has 0 aliphatic carbocycles. The molecule has 1 fully saturated rings. The Morgan fingerprint density at radius 1 is 1.22 bits per heavy atom. The minimum atomic E-state index is -0.299. The summed E-state index contributed by atoms with van der Waals surface area (Å²) in [5.74, 6) is -0.551. The highest BCUT2D eigenvalue weighted by atomic mass is 16.2. The monoisotopic (exact) mass is 370 g/mol. The van der Waals surface area contributed by atoms with Gasteiger partial charge in [-0.3, -0.25) is 9.59 Å². The molecule has 0 bridgehead atoms. The standard InChI is InChI=1S/C19H26N6O2/c1-13-4-6-15(7-5-13)21-17(26)12-24(3)19(27)18-14(2)25(23-22-18)16-8-10-20-11-9-16/h4-7,16,20H,8-12H2,1-3H3,(H,21,26). The number of aryl methyl sites for hydroxylation is 1. The minimum Gasteiger partial charge on any atom is -0.331 e. The zero-order chi connectivity index (χ0) is 19.4. The predicted molar refractivity (Wildman–Crippen MR) is 103 cm³/mol. The Morgan fingerprint density at radius 2 is 1.89 bits per heavy atom. The lowest BCUT2D eigenvalue weighted by molar-refractivity contribution is -0.116. The van der Waals surface area contributed by atoms with Gasteiger partial charge in [-0.2, -0.15) is 0 Å². The van der Waals surface area contributed by atoms with Gasteiger partial charge in [0.2, 0.25) is 5.91 Å². The van der Waals surface area contributed by atoms with Gasteiger partial charge in [-0.1, -0.05) is 22.9 Å². The van der Waals surface area contributed by atoms with Crippen molar-refractivity contribution in [1.29, 1.82) is 0 Å². The van der Waals surface area contributed by atoms with E-state index < -0.39 is 0 Å². The van der Waals surface area contributed by atoms with E-state index in [1.165, 1.54) is 4.90 Å². The van der Waals surface area contributed by atoms with Crippen molar-refractivity contribution in [3.63, 3.8) is 0 Å². The Morgan fingerprint density at radius 3 is 2.56 bits per heavy atom. The van der Waals surface area contributed by atoms with Crippen LogP contribution in [0.15, 0.2) is 24.3 Å². The van der Waals surface area contributed by atoms with Crippen molar-refractivity contribution < 1.29 is 9.59 Å². The van der Waals surface area contributed by atoms with Crippen LogP contribution < -0.4 is 10.6 Å². The highest BCUT2D eigenvalue weighted by molar-refractivity contribution is 5.98. The first-order chi connectivity index (χ1) is 13.0. The van der Waals surface area contributed by atoms with Gasteiger partial charge in [-0.05, 0) is 51.9 Å². The van der Waals surface area contributed by atoms with Crippen LogP contribution in [0.4, 0.5) is 5.69 Å². The van der Waals surface area contributed by atoms with E-state index in [1.807, 2.05) is 42.8 Å². The molecule has 3 rings (SSSR count). The topological polar surface area (TPSA) is 92.2 Å². The van der Waals surface area contributed by atoms with Crippen molar-refractivity contribution in [2.75, 3.05) is 32.0 Å². The lowest BCUT2D eigenvalue weighted by atomic mass is 10.1. The Balaban J connectivity index is 1.62. The van der Waals surface area contributed by atoms with E-state index >= 15 is 0 Å². The quantitative estimate of drug-likeness (QED) is 0.833. The van der Waals surface area contributed by atoms with Crippen LogP contribution in [0.3, 0.4) is 0 Å². The number of likely N-dealkylation sites (N-methyl/N-ethyl adjacent to an activating group) is 1. The van der Waals surface area contributed by atoms with Crippen molar-refractivity contribution in [2.24, 2.45) is 0 Å². The van der Waals surface area contributed by atoms with Crippen LogP contribution in [0.5, 0.6) is 0 Å². The second-order valence-corrected chi connectivity index (χ2v) is 7.02. The number of benzene rings is 1. The molecule has 1 aliphatic heterocycles. The third-order valence-electron chi connectivity index (χ3n) is 4.85. The smallest absolute Gasteiger partial charge is 0.276 e. The number of amides is 2. The lowest BCUT2D eigenvalue weighted by Crippen LogP contribution is -2.35. The molecule has 0 atom stereocenters. The summed E-state index contributed by atoms with van der Waals surface area (Å²) in [5.41, 5.74) is 2.88. The lowest BCUT2D eigenvalue weighted by Gasteiger charge is -2.23. The van der Waals surface area contributed by atoms with Crippen molar-refractivity contribution in [3.05, 3.63) is 41.2 Å². The van der Waals surface area contributed by atoms with E-state index in [4.69, 9.17) is 0 Å². The molecule has 1 aromatic carbocycles. The molecule has 0 spiro atoms. The number of hydrogen-bond donors (Lipinski definition) is 2. The maximum atomic E-state index is 12.7. The molecular weight excluding hydrogens is 344 g/mol. The maximum absolute atomic E-state index is 12.7. The molecule has 0 saturated carbocycles. The van der Waals surface area contributed by atoms with Gasteiger partial charge in [-0.15, -0.1) is 5.10 Å². The molecule has 1 saturated heterocycles. The molecule has 2 amide bonds. The Kier molecular flexibility index (Phi) is 5.85. The highest BCUT2D eigenvalue weighted by Gasteiger charge is 2.25. The summed E-state index contributed by atoms with van der Waals surface area (Å²) in [6.45, 7) is 5.66. The number of carbonyl (C=O) groups is 2. The second-order valence-electron chi connectivity index (χ2n) is 7.02. The Bertz CT molecular complexity index is 808. The van der Waals surface area contributed by atoms with Crippen LogP contribution in [0.2, 0.25) is 0 Å². The van der Waals surface area contributed by atoms with Crippen molar-refractivity contribution in [2.45, 2.75) is 32.7 Å². The first kappa shape index (κ1) is 19.0. The van der Waals surface area contributed by atoms with Crippen molar-refractivity contribution in [1.82, 2.24) is 25.2 Å². The van der Waals surface area contributed by atoms with Gasteiger partial charge in [0.15, 0.2) is 5.69 Å². The number of carbonyl (C=O) groups excluding carboxylic acids is 2. The first-order valence-electron chi connectivity index (χ1n) is 9.20. The van der Waals surface area contributed by atoms with Gasteiger partial charge in [0.25, 0.3) is 5.91 Å². The Hall–Kier alpha value is -2.74. The molecule has 0 unspecified atom stereocenters. The fourth-order valence-corrected chi connectivity index (χ4v) is 3.24. The third kappa shape index (κ3) is 4.51. The summed E-state index contributed by atoms with van der Waals surface area (Å²) in [7, 11) is 1.60. The van der Waals surface area contributed by atoms with Crippen LogP contribution in [0.25, 0.3) is 0 Å². The number of nitrogens with zero attached hydrogens (tertiary/aromatic N) is 4. The third-order valence-corrected chi connectivity index (χ3v) is 4.85. The van der Waals surface area contributed by atoms with Gasteiger partial charge < -0.3 is 15.5 Å². The van der Waals surface area contributed by atoms with Gasteiger partial charge >= 0.3 is 0 Å². The van der Waals surface area contributed by atoms with E-state index in [9.17, 15) is 9.59 Å². The average Bonchev–Trinajstić information content (AvgIpc) is 3.05. The highest BCUT2D eigenvalue weighted by Crippen LogP contribution is 2.20. The zero-order valence-electron chi connectivity index (χ0n) is 16.0. The summed E-state index contributed by atoms with van der Waals surface area (Å²) in [5, 5.41) is 14.4. The minimum absolute atomic E-state index is 0.0492. The summed E-state index contributed by atoms with van der Waals surface area (Å²) < 4.78 is 1.84. The van der Waals surface area contributed by atoms with Crippen LogP contribution in [0.1, 0.15) is 40.6 Å². The van der Waals surface area contributed by atoms with E-state index in [2.05, 4.69) is 20.9 Å². The van der Waals surface area contributed by atoms with Gasteiger partial charge in [-0.25, -0.2) is 4.68 Å². The normalized spacial score (nSPS) is 14.8. The van der Waals surface area contributed by atoms with E-state index in [0.717, 1.165) is 37.2 Å². The number of rotatable bonds is 5. The molecule has 8 heteroatoms. The van der Waals surface area contributed by atoms with Gasteiger partial charge in [0.05, 0.1) is 18.3 Å². The van der Waals surface area contributed by atoms with Crippen molar-refractivity contribution in [3.8, 4) is 0 Å². The molecule has 0 radical (unpaired) electrons. The Labute approximate surface area is 158 Å². The van der Waals surface area contributed by atoms with E-state index in [0.29, 0.717) is 11.4 Å². The van der Waals surface area contributed by atoms with Crippen LogP contribution >= 0.6 is 0 Å². The molecule has 1 aromatic heterocycles. The summed E-state index contributed by atoms with van der Waals surface area (Å²) in [6.07, 6.45) is 1.93. The van der Waals surface area contributed by atoms with Crippen LogP contribution in [0, 0.1) is 13.8 Å². The number of hydrogen-bond acceptors (Lipinski definition) is 5. The number of anilines is 1. The van der Waals surface area contributed by atoms with Gasteiger partial charge in [0, 0.05) is 12.7 Å². The molecule has 144 valence electrons. The van der Waals surface area contributed by atoms with E-state index in [1.54, 1.807) is 7.05 Å². The van der Waals surface area contributed by atoms with Crippen LogP contribution in [-0.2, 0) is 4.79 Å². The number of piperidine rings is 1.